The maximum absolute atomic E-state index is 10.8. The number of hydrogen-bond donors (Lipinski definition) is 2. The van der Waals surface area contributed by atoms with Gasteiger partial charge in [0.2, 0.25) is 8.32 Å². The summed E-state index contributed by atoms with van der Waals surface area (Å²) in [6, 6.07) is 15.9. The molecule has 0 aliphatic carbocycles. The fourth-order valence-electron chi connectivity index (χ4n) is 1.87. The SMILES string of the molecule is C[Si](O)(c1ccccc1)c1ccc(C(=O)O)cc1. The number of hydrogen-bond acceptors (Lipinski definition) is 2. The summed E-state index contributed by atoms with van der Waals surface area (Å²) in [5, 5.41) is 10.6. The van der Waals surface area contributed by atoms with E-state index in [-0.39, 0.29) is 5.56 Å². The average molecular weight is 258 g/mol. The minimum Gasteiger partial charge on any atom is -0.478 e. The molecule has 1 atom stereocenters. The van der Waals surface area contributed by atoms with E-state index in [2.05, 4.69) is 0 Å². The van der Waals surface area contributed by atoms with Gasteiger partial charge in [-0.3, -0.25) is 0 Å². The van der Waals surface area contributed by atoms with Crippen molar-refractivity contribution in [1.29, 1.82) is 0 Å². The number of aromatic carboxylic acids is 1. The topological polar surface area (TPSA) is 57.5 Å². The minimum atomic E-state index is -2.71. The van der Waals surface area contributed by atoms with Crippen LogP contribution in [0.2, 0.25) is 6.55 Å². The van der Waals surface area contributed by atoms with Crippen molar-refractivity contribution in [2.24, 2.45) is 0 Å². The van der Waals surface area contributed by atoms with Crippen LogP contribution in [0.3, 0.4) is 0 Å². The van der Waals surface area contributed by atoms with Gasteiger partial charge < -0.3 is 9.90 Å². The smallest absolute Gasteiger partial charge is 0.335 e. The van der Waals surface area contributed by atoms with E-state index < -0.39 is 14.3 Å². The number of rotatable bonds is 3. The van der Waals surface area contributed by atoms with Crippen molar-refractivity contribution >= 4 is 24.7 Å². The van der Waals surface area contributed by atoms with E-state index in [0.717, 1.165) is 10.4 Å². The van der Waals surface area contributed by atoms with E-state index in [4.69, 9.17) is 5.11 Å². The Kier molecular flexibility index (Phi) is 3.31. The van der Waals surface area contributed by atoms with Crippen LogP contribution in [0.4, 0.5) is 0 Å². The molecule has 0 amide bonds. The molecular formula is C14H14O3Si. The summed E-state index contributed by atoms with van der Waals surface area (Å²) in [6.45, 7) is 1.83. The first-order valence-electron chi connectivity index (χ1n) is 5.63. The predicted octanol–water partition coefficient (Wildman–Crippen LogP) is 1.07. The molecule has 0 fully saturated rings. The second-order valence-electron chi connectivity index (χ2n) is 4.32. The van der Waals surface area contributed by atoms with E-state index in [1.54, 1.807) is 12.1 Å². The third kappa shape index (κ3) is 2.34. The van der Waals surface area contributed by atoms with Crippen LogP contribution in [-0.2, 0) is 0 Å². The number of carboxylic acid groups (broad SMARTS) is 1. The van der Waals surface area contributed by atoms with Crippen LogP contribution in [-0.4, -0.2) is 24.2 Å². The summed E-state index contributed by atoms with van der Waals surface area (Å²) in [6.07, 6.45) is 0. The number of benzene rings is 2. The molecule has 0 saturated heterocycles. The van der Waals surface area contributed by atoms with Crippen LogP contribution >= 0.6 is 0 Å². The lowest BCUT2D eigenvalue weighted by molar-refractivity contribution is 0.0697. The van der Waals surface area contributed by atoms with Crippen molar-refractivity contribution in [2.75, 3.05) is 0 Å². The first-order valence-corrected chi connectivity index (χ1v) is 8.08. The Balaban J connectivity index is 2.39. The molecule has 0 aliphatic heterocycles. The largest absolute Gasteiger partial charge is 0.478 e. The highest BCUT2D eigenvalue weighted by molar-refractivity contribution is 6.95. The molecule has 1 unspecified atom stereocenters. The van der Waals surface area contributed by atoms with Crippen LogP contribution in [0, 0.1) is 0 Å². The molecule has 0 aliphatic rings. The Morgan fingerprint density at radius 3 is 1.94 bits per heavy atom. The molecule has 2 N–H and O–H groups in total. The highest BCUT2D eigenvalue weighted by atomic mass is 28.4. The first-order chi connectivity index (χ1) is 8.51. The highest BCUT2D eigenvalue weighted by Gasteiger charge is 2.29. The lowest BCUT2D eigenvalue weighted by Crippen LogP contribution is -2.55. The lowest BCUT2D eigenvalue weighted by Gasteiger charge is -2.21. The summed E-state index contributed by atoms with van der Waals surface area (Å²) in [5.41, 5.74) is 0.233. The molecule has 0 saturated carbocycles. The Labute approximate surface area is 106 Å². The Morgan fingerprint density at radius 1 is 0.944 bits per heavy atom. The zero-order valence-electron chi connectivity index (χ0n) is 10.00. The summed E-state index contributed by atoms with van der Waals surface area (Å²) in [7, 11) is -2.71. The minimum absolute atomic E-state index is 0.233. The molecule has 4 heteroatoms. The van der Waals surface area contributed by atoms with Crippen molar-refractivity contribution < 1.29 is 14.7 Å². The number of carbonyl (C=O) groups is 1. The molecule has 0 heterocycles. The van der Waals surface area contributed by atoms with Crippen molar-refractivity contribution in [3.05, 3.63) is 60.2 Å². The van der Waals surface area contributed by atoms with Gasteiger partial charge in [-0.05, 0) is 29.1 Å². The van der Waals surface area contributed by atoms with Crippen LogP contribution in [0.25, 0.3) is 0 Å². The Hall–Kier alpha value is -1.91. The van der Waals surface area contributed by atoms with Crippen molar-refractivity contribution in [1.82, 2.24) is 0 Å². The van der Waals surface area contributed by atoms with Gasteiger partial charge in [-0.25, -0.2) is 4.79 Å². The lowest BCUT2D eigenvalue weighted by atomic mass is 10.2. The van der Waals surface area contributed by atoms with E-state index >= 15 is 0 Å². The third-order valence-electron chi connectivity index (χ3n) is 3.03. The predicted molar refractivity (Wildman–Crippen MR) is 72.9 cm³/mol. The summed E-state index contributed by atoms with van der Waals surface area (Å²) in [5.74, 6) is -0.956. The van der Waals surface area contributed by atoms with Gasteiger partial charge in [-0.2, -0.15) is 0 Å². The van der Waals surface area contributed by atoms with Crippen LogP contribution in [0.1, 0.15) is 10.4 Å². The maximum Gasteiger partial charge on any atom is 0.335 e. The van der Waals surface area contributed by atoms with Gasteiger partial charge in [-0.15, -0.1) is 0 Å². The van der Waals surface area contributed by atoms with Gasteiger partial charge in [0.05, 0.1) is 5.56 Å². The van der Waals surface area contributed by atoms with Crippen molar-refractivity contribution in [2.45, 2.75) is 6.55 Å². The Morgan fingerprint density at radius 2 is 1.44 bits per heavy atom. The van der Waals surface area contributed by atoms with Gasteiger partial charge in [0.25, 0.3) is 0 Å². The average Bonchev–Trinajstić information content (AvgIpc) is 2.40. The van der Waals surface area contributed by atoms with Gasteiger partial charge >= 0.3 is 5.97 Å². The second-order valence-corrected chi connectivity index (χ2v) is 7.62. The summed E-state index contributed by atoms with van der Waals surface area (Å²) < 4.78 is 0. The molecule has 3 nitrogen and oxygen atoms in total. The van der Waals surface area contributed by atoms with Crippen LogP contribution < -0.4 is 10.4 Å². The second kappa shape index (κ2) is 4.76. The van der Waals surface area contributed by atoms with Gasteiger partial charge in [-0.1, -0.05) is 42.5 Å². The molecule has 2 aromatic rings. The normalized spacial score (nSPS) is 13.9. The van der Waals surface area contributed by atoms with Crippen LogP contribution in [0.15, 0.2) is 54.6 Å². The highest BCUT2D eigenvalue weighted by Crippen LogP contribution is 2.04. The molecule has 2 rings (SSSR count). The molecule has 0 aromatic heterocycles. The Bertz CT molecular complexity index is 547. The molecule has 0 spiro atoms. The molecule has 92 valence electrons. The van der Waals surface area contributed by atoms with Crippen LogP contribution in [0.5, 0.6) is 0 Å². The van der Waals surface area contributed by atoms with E-state index in [1.165, 1.54) is 12.1 Å². The summed E-state index contributed by atoms with van der Waals surface area (Å²) >= 11 is 0. The molecule has 0 radical (unpaired) electrons. The zero-order valence-corrected chi connectivity index (χ0v) is 11.0. The third-order valence-corrected chi connectivity index (χ3v) is 5.94. The van der Waals surface area contributed by atoms with Gasteiger partial charge in [0, 0.05) is 0 Å². The fourth-order valence-corrected chi connectivity index (χ4v) is 3.86. The van der Waals surface area contributed by atoms with Crippen molar-refractivity contribution in [3.63, 3.8) is 0 Å². The van der Waals surface area contributed by atoms with E-state index in [1.807, 2.05) is 36.9 Å². The fraction of sp³-hybridized carbons (Fsp3) is 0.0714. The van der Waals surface area contributed by atoms with Gasteiger partial charge in [0.1, 0.15) is 0 Å². The number of carboxylic acids is 1. The monoisotopic (exact) mass is 258 g/mol. The molecular weight excluding hydrogens is 244 g/mol. The maximum atomic E-state index is 10.8. The van der Waals surface area contributed by atoms with Gasteiger partial charge in [0.15, 0.2) is 0 Å². The molecule has 2 aromatic carbocycles. The zero-order chi connectivity index (χ0) is 13.2. The quantitative estimate of drug-likeness (QED) is 0.810. The molecule has 18 heavy (non-hydrogen) atoms. The van der Waals surface area contributed by atoms with Crippen molar-refractivity contribution in [3.8, 4) is 0 Å². The standard InChI is InChI=1S/C14H14O3Si/c1-18(17,12-5-3-2-4-6-12)13-9-7-11(8-10-13)14(15)16/h2-10,17H,1H3,(H,15,16). The van der Waals surface area contributed by atoms with E-state index in [0.29, 0.717) is 0 Å². The summed E-state index contributed by atoms with van der Waals surface area (Å²) in [4.78, 5) is 21.5. The van der Waals surface area contributed by atoms with E-state index in [9.17, 15) is 9.59 Å². The first kappa shape index (κ1) is 12.5. The molecule has 0 bridgehead atoms.